The van der Waals surface area contributed by atoms with Gasteiger partial charge in [-0.3, -0.25) is 4.79 Å². The van der Waals surface area contributed by atoms with E-state index in [2.05, 4.69) is 16.6 Å². The van der Waals surface area contributed by atoms with Crippen molar-refractivity contribution in [2.45, 2.75) is 19.4 Å². The smallest absolute Gasteiger partial charge is 0.341 e. The third-order valence-electron chi connectivity index (χ3n) is 3.01. The summed E-state index contributed by atoms with van der Waals surface area (Å²) < 4.78 is 15.1. The van der Waals surface area contributed by atoms with Crippen LogP contribution in [-0.2, 0) is 14.3 Å². The predicted molar refractivity (Wildman–Crippen MR) is 88.2 cm³/mol. The van der Waals surface area contributed by atoms with Gasteiger partial charge in [0.1, 0.15) is 17.4 Å². The number of rotatable bonds is 8. The Morgan fingerprint density at radius 3 is 2.65 bits per heavy atom. The summed E-state index contributed by atoms with van der Waals surface area (Å²) in [5, 5.41) is 2.83. The molecule has 0 aromatic heterocycles. The monoisotopic (exact) mass is 341 g/mol. The summed E-state index contributed by atoms with van der Waals surface area (Å²) in [7, 11) is 2.66. The molecule has 0 aliphatic carbocycles. The highest BCUT2D eigenvalue weighted by atomic mass is 35.5. The minimum atomic E-state index is -0.655. The molecule has 0 radical (unpaired) electrons. The first-order valence-electron chi connectivity index (χ1n) is 6.93. The van der Waals surface area contributed by atoms with Gasteiger partial charge in [0.05, 0.1) is 31.5 Å². The van der Waals surface area contributed by atoms with E-state index in [1.54, 1.807) is 13.0 Å². The van der Waals surface area contributed by atoms with Crippen LogP contribution in [0.4, 0.5) is 5.69 Å². The van der Waals surface area contributed by atoms with Crippen LogP contribution in [0.25, 0.3) is 0 Å². The van der Waals surface area contributed by atoms with Crippen LogP contribution in [0.1, 0.15) is 23.7 Å². The molecule has 1 N–H and O–H groups in total. The second kappa shape index (κ2) is 9.17. The first kappa shape index (κ1) is 19.0. The maximum Gasteiger partial charge on any atom is 0.341 e. The maximum atomic E-state index is 12.1. The van der Waals surface area contributed by atoms with Gasteiger partial charge in [0.15, 0.2) is 0 Å². The summed E-state index contributed by atoms with van der Waals surface area (Å²) in [6, 6.07) is 2.84. The topological polar surface area (TPSA) is 73.9 Å². The third-order valence-corrected chi connectivity index (χ3v) is 3.32. The second-order valence-electron chi connectivity index (χ2n) is 4.60. The summed E-state index contributed by atoms with van der Waals surface area (Å²) >= 11 is 6.10. The Hall–Kier alpha value is -2.05. The molecule has 1 amide bonds. The maximum absolute atomic E-state index is 12.1. The second-order valence-corrected chi connectivity index (χ2v) is 5.01. The lowest BCUT2D eigenvalue weighted by Gasteiger charge is -2.15. The van der Waals surface area contributed by atoms with Crippen LogP contribution in [0.2, 0.25) is 5.02 Å². The lowest BCUT2D eigenvalue weighted by atomic mass is 10.1. The van der Waals surface area contributed by atoms with Crippen molar-refractivity contribution < 1.29 is 23.8 Å². The summed E-state index contributed by atoms with van der Waals surface area (Å²) in [5.74, 6) is -0.691. The zero-order valence-electron chi connectivity index (χ0n) is 13.3. The minimum absolute atomic E-state index is 0.174. The average molecular weight is 342 g/mol. The largest absolute Gasteiger partial charge is 0.496 e. The van der Waals surface area contributed by atoms with E-state index >= 15 is 0 Å². The number of hydrogen-bond acceptors (Lipinski definition) is 5. The van der Waals surface area contributed by atoms with Crippen molar-refractivity contribution in [3.8, 4) is 5.75 Å². The Bertz CT molecular complexity index is 588. The van der Waals surface area contributed by atoms with Gasteiger partial charge in [0.25, 0.3) is 5.91 Å². The Labute approximate surface area is 140 Å². The van der Waals surface area contributed by atoms with Gasteiger partial charge in [-0.05, 0) is 19.4 Å². The molecule has 0 aliphatic rings. The number of nitrogens with one attached hydrogen (secondary N) is 1. The molecule has 1 unspecified atom stereocenters. The van der Waals surface area contributed by atoms with Crippen LogP contribution in [0.3, 0.4) is 0 Å². The molecule has 0 bridgehead atoms. The highest BCUT2D eigenvalue weighted by Crippen LogP contribution is 2.31. The molecule has 1 aromatic carbocycles. The van der Waals surface area contributed by atoms with E-state index in [-0.39, 0.29) is 22.2 Å². The molecular weight excluding hydrogens is 322 g/mol. The van der Waals surface area contributed by atoms with Crippen molar-refractivity contribution in [3.63, 3.8) is 0 Å². The number of methoxy groups -OCH3 is 2. The van der Waals surface area contributed by atoms with E-state index in [0.717, 1.165) is 0 Å². The number of amides is 1. The van der Waals surface area contributed by atoms with E-state index < -0.39 is 12.1 Å². The quantitative estimate of drug-likeness (QED) is 0.447. The van der Waals surface area contributed by atoms with Gasteiger partial charge in [-0.1, -0.05) is 17.7 Å². The van der Waals surface area contributed by atoms with Crippen molar-refractivity contribution in [3.05, 3.63) is 35.4 Å². The summed E-state index contributed by atoms with van der Waals surface area (Å²) in [6.45, 7) is 5.61. The Kier molecular flexibility index (Phi) is 7.57. The molecule has 0 fully saturated rings. The first-order valence-corrected chi connectivity index (χ1v) is 7.31. The number of benzene rings is 1. The molecule has 0 heterocycles. The molecule has 0 saturated heterocycles. The normalized spacial score (nSPS) is 11.5. The number of ether oxygens (including phenoxy) is 3. The lowest BCUT2D eigenvalue weighted by Crippen LogP contribution is -2.28. The highest BCUT2D eigenvalue weighted by Gasteiger charge is 2.19. The molecule has 1 atom stereocenters. The SMILES string of the molecule is C=CCCOC(C)C(=O)Nc1cc(OC)c(C(=O)OC)cc1Cl. The van der Waals surface area contributed by atoms with Crippen LogP contribution < -0.4 is 10.1 Å². The number of esters is 1. The van der Waals surface area contributed by atoms with Gasteiger partial charge in [0, 0.05) is 6.07 Å². The first-order chi connectivity index (χ1) is 10.9. The third kappa shape index (κ3) is 5.26. The van der Waals surface area contributed by atoms with Crippen molar-refractivity contribution in [2.75, 3.05) is 26.1 Å². The number of anilines is 1. The average Bonchev–Trinajstić information content (AvgIpc) is 2.55. The van der Waals surface area contributed by atoms with Crippen LogP contribution in [0.15, 0.2) is 24.8 Å². The van der Waals surface area contributed by atoms with Crippen LogP contribution >= 0.6 is 11.6 Å². The van der Waals surface area contributed by atoms with Crippen molar-refractivity contribution >= 4 is 29.2 Å². The Balaban J connectivity index is 2.90. The van der Waals surface area contributed by atoms with E-state index in [4.69, 9.17) is 21.1 Å². The number of carbonyl (C=O) groups is 2. The van der Waals surface area contributed by atoms with Crippen molar-refractivity contribution in [1.82, 2.24) is 0 Å². The number of halogens is 1. The lowest BCUT2D eigenvalue weighted by molar-refractivity contribution is -0.126. The molecule has 23 heavy (non-hydrogen) atoms. The van der Waals surface area contributed by atoms with Gasteiger partial charge in [-0.15, -0.1) is 6.58 Å². The van der Waals surface area contributed by atoms with Gasteiger partial charge in [-0.2, -0.15) is 0 Å². The number of carbonyl (C=O) groups excluding carboxylic acids is 2. The fraction of sp³-hybridized carbons (Fsp3) is 0.375. The predicted octanol–water partition coefficient (Wildman–Crippen LogP) is 3.05. The van der Waals surface area contributed by atoms with E-state index in [1.807, 2.05) is 0 Å². The minimum Gasteiger partial charge on any atom is -0.496 e. The molecule has 1 rings (SSSR count). The molecule has 7 heteroatoms. The summed E-state index contributed by atoms with van der Waals surface area (Å²) in [4.78, 5) is 23.7. The molecule has 0 aliphatic heterocycles. The zero-order valence-corrected chi connectivity index (χ0v) is 14.1. The molecule has 0 saturated carbocycles. The molecule has 0 spiro atoms. The van der Waals surface area contributed by atoms with Gasteiger partial charge < -0.3 is 19.5 Å². The molecule has 6 nitrogen and oxygen atoms in total. The summed E-state index contributed by atoms with van der Waals surface area (Å²) in [6.07, 6.45) is 1.70. The van der Waals surface area contributed by atoms with Crippen LogP contribution in [0, 0.1) is 0 Å². The van der Waals surface area contributed by atoms with Crippen LogP contribution in [-0.4, -0.2) is 38.8 Å². The van der Waals surface area contributed by atoms with Crippen molar-refractivity contribution in [2.24, 2.45) is 0 Å². The van der Waals surface area contributed by atoms with Gasteiger partial charge >= 0.3 is 5.97 Å². The van der Waals surface area contributed by atoms with Crippen molar-refractivity contribution in [1.29, 1.82) is 0 Å². The highest BCUT2D eigenvalue weighted by molar-refractivity contribution is 6.34. The Morgan fingerprint density at radius 2 is 2.09 bits per heavy atom. The van der Waals surface area contributed by atoms with Gasteiger partial charge in [-0.25, -0.2) is 4.79 Å². The summed E-state index contributed by atoms with van der Waals surface area (Å²) in [5.41, 5.74) is 0.494. The Morgan fingerprint density at radius 1 is 1.39 bits per heavy atom. The molecule has 126 valence electrons. The fourth-order valence-electron chi connectivity index (χ4n) is 1.73. The van der Waals surface area contributed by atoms with E-state index in [9.17, 15) is 9.59 Å². The van der Waals surface area contributed by atoms with Crippen LogP contribution in [0.5, 0.6) is 5.75 Å². The molecule has 1 aromatic rings. The van der Waals surface area contributed by atoms with E-state index in [1.165, 1.54) is 26.4 Å². The standard InChI is InChI=1S/C16H20ClNO5/c1-5-6-7-23-10(2)15(19)18-13-9-14(21-3)11(8-12(13)17)16(20)22-4/h5,8-10H,1,6-7H2,2-4H3,(H,18,19). The van der Waals surface area contributed by atoms with Gasteiger partial charge in [0.2, 0.25) is 0 Å². The fourth-order valence-corrected chi connectivity index (χ4v) is 1.94. The molecular formula is C16H20ClNO5. The van der Waals surface area contributed by atoms with E-state index in [0.29, 0.717) is 18.7 Å². The number of hydrogen-bond donors (Lipinski definition) is 1. The zero-order chi connectivity index (χ0) is 17.4.